The van der Waals surface area contributed by atoms with Crippen molar-refractivity contribution in [3.8, 4) is 0 Å². The summed E-state index contributed by atoms with van der Waals surface area (Å²) in [7, 11) is 0. The molecule has 1 aliphatic carbocycles. The van der Waals surface area contributed by atoms with E-state index in [4.69, 9.17) is 0 Å². The summed E-state index contributed by atoms with van der Waals surface area (Å²) in [5.41, 5.74) is 2.84. The minimum absolute atomic E-state index is 0.0820. The summed E-state index contributed by atoms with van der Waals surface area (Å²) in [4.78, 5) is 15.4. The third-order valence-electron chi connectivity index (χ3n) is 4.31. The number of aromatic carboxylic acids is 1. The predicted molar refractivity (Wildman–Crippen MR) is 75.9 cm³/mol. The Kier molecular flexibility index (Phi) is 3.30. The summed E-state index contributed by atoms with van der Waals surface area (Å²) in [6, 6.07) is 8.42. The van der Waals surface area contributed by atoms with Crippen LogP contribution in [0.1, 0.15) is 47.4 Å². The van der Waals surface area contributed by atoms with Gasteiger partial charge in [0.15, 0.2) is 0 Å². The lowest BCUT2D eigenvalue weighted by Gasteiger charge is -2.34. The van der Waals surface area contributed by atoms with E-state index >= 15 is 0 Å². The number of fused-ring (bicyclic) bond motifs is 1. The van der Waals surface area contributed by atoms with Crippen molar-refractivity contribution in [2.45, 2.75) is 32.2 Å². The second-order valence-corrected chi connectivity index (χ2v) is 5.34. The predicted octanol–water partition coefficient (Wildman–Crippen LogP) is 3.14. The van der Waals surface area contributed by atoms with Crippen molar-refractivity contribution in [3.05, 3.63) is 53.6 Å². The molecule has 1 aliphatic rings. The van der Waals surface area contributed by atoms with E-state index in [2.05, 4.69) is 24.0 Å². The number of carboxylic acid groups (broad SMARTS) is 1. The zero-order chi connectivity index (χ0) is 14.1. The van der Waals surface area contributed by atoms with Gasteiger partial charge in [0.2, 0.25) is 0 Å². The molecule has 0 saturated heterocycles. The first kappa shape index (κ1) is 12.9. The van der Waals surface area contributed by atoms with Crippen LogP contribution < -0.4 is 0 Å². The van der Waals surface area contributed by atoms with Gasteiger partial charge >= 0.3 is 5.97 Å². The van der Waals surface area contributed by atoms with Crippen LogP contribution in [0.15, 0.2) is 36.8 Å². The maximum Gasteiger partial charge on any atom is 0.354 e. The fourth-order valence-corrected chi connectivity index (χ4v) is 3.30. The average molecular weight is 270 g/mol. The standard InChI is InChI=1S/C16H18N2O2/c1-2-11-7-8-12-5-3-4-6-13(12)15(11)18-10-17-9-14(18)16(19)20/h3-6,9-11,15H,2,7-8H2,1H3,(H,19,20). The normalized spacial score (nSPS) is 21.4. The molecule has 0 bridgehead atoms. The number of rotatable bonds is 3. The van der Waals surface area contributed by atoms with E-state index in [0.717, 1.165) is 19.3 Å². The molecule has 0 fully saturated rings. The van der Waals surface area contributed by atoms with Gasteiger partial charge in [-0.1, -0.05) is 37.6 Å². The van der Waals surface area contributed by atoms with Gasteiger partial charge < -0.3 is 9.67 Å². The number of carboxylic acids is 1. The summed E-state index contributed by atoms with van der Waals surface area (Å²) in [5.74, 6) is -0.461. The smallest absolute Gasteiger partial charge is 0.354 e. The minimum atomic E-state index is -0.916. The Morgan fingerprint density at radius 2 is 2.25 bits per heavy atom. The van der Waals surface area contributed by atoms with Crippen LogP contribution in [0.2, 0.25) is 0 Å². The van der Waals surface area contributed by atoms with E-state index in [1.165, 1.54) is 17.3 Å². The third kappa shape index (κ3) is 2.01. The Morgan fingerprint density at radius 1 is 1.45 bits per heavy atom. The monoisotopic (exact) mass is 270 g/mol. The van der Waals surface area contributed by atoms with Gasteiger partial charge in [0, 0.05) is 0 Å². The first-order valence-corrected chi connectivity index (χ1v) is 7.05. The first-order chi connectivity index (χ1) is 9.72. The van der Waals surface area contributed by atoms with Crippen LogP contribution in [0.4, 0.5) is 0 Å². The molecular formula is C16H18N2O2. The van der Waals surface area contributed by atoms with Crippen molar-refractivity contribution >= 4 is 5.97 Å². The molecule has 0 amide bonds. The van der Waals surface area contributed by atoms with E-state index in [0.29, 0.717) is 5.92 Å². The molecule has 2 unspecified atom stereocenters. The number of nitrogens with zero attached hydrogens (tertiary/aromatic N) is 2. The highest BCUT2D eigenvalue weighted by molar-refractivity contribution is 5.85. The Bertz CT molecular complexity index is 633. The topological polar surface area (TPSA) is 55.1 Å². The van der Waals surface area contributed by atoms with E-state index in [-0.39, 0.29) is 11.7 Å². The van der Waals surface area contributed by atoms with Crippen LogP contribution in [0, 0.1) is 5.92 Å². The molecule has 1 aromatic heterocycles. The highest BCUT2D eigenvalue weighted by Gasteiger charge is 2.31. The van der Waals surface area contributed by atoms with Crippen LogP contribution in [-0.2, 0) is 6.42 Å². The van der Waals surface area contributed by atoms with E-state index < -0.39 is 5.97 Å². The van der Waals surface area contributed by atoms with Gasteiger partial charge in [-0.05, 0) is 29.9 Å². The molecular weight excluding hydrogens is 252 g/mol. The SMILES string of the molecule is CCC1CCc2ccccc2C1n1cncc1C(=O)O. The molecule has 1 aromatic carbocycles. The molecule has 4 nitrogen and oxygen atoms in total. The largest absolute Gasteiger partial charge is 0.477 e. The molecule has 20 heavy (non-hydrogen) atoms. The van der Waals surface area contributed by atoms with Crippen LogP contribution in [0.25, 0.3) is 0 Å². The number of hydrogen-bond donors (Lipinski definition) is 1. The molecule has 0 aliphatic heterocycles. The van der Waals surface area contributed by atoms with Gasteiger partial charge in [-0.15, -0.1) is 0 Å². The maximum absolute atomic E-state index is 11.4. The van der Waals surface area contributed by atoms with Crippen molar-refractivity contribution in [2.75, 3.05) is 0 Å². The molecule has 0 spiro atoms. The Labute approximate surface area is 118 Å². The van der Waals surface area contributed by atoms with Crippen molar-refractivity contribution in [2.24, 2.45) is 5.92 Å². The minimum Gasteiger partial charge on any atom is -0.477 e. The fraction of sp³-hybridized carbons (Fsp3) is 0.375. The molecule has 2 atom stereocenters. The maximum atomic E-state index is 11.4. The molecule has 0 saturated carbocycles. The quantitative estimate of drug-likeness (QED) is 0.932. The highest BCUT2D eigenvalue weighted by atomic mass is 16.4. The van der Waals surface area contributed by atoms with Gasteiger partial charge in [0.1, 0.15) is 5.69 Å². The van der Waals surface area contributed by atoms with E-state index in [9.17, 15) is 9.90 Å². The number of imidazole rings is 1. The second kappa shape index (κ2) is 5.12. The molecule has 104 valence electrons. The van der Waals surface area contributed by atoms with Crippen LogP contribution >= 0.6 is 0 Å². The van der Waals surface area contributed by atoms with Crippen LogP contribution in [0.3, 0.4) is 0 Å². The van der Waals surface area contributed by atoms with E-state index in [1.807, 2.05) is 16.7 Å². The molecule has 1 N–H and O–H groups in total. The molecule has 0 radical (unpaired) electrons. The summed E-state index contributed by atoms with van der Waals surface area (Å²) >= 11 is 0. The lowest BCUT2D eigenvalue weighted by Crippen LogP contribution is -2.27. The summed E-state index contributed by atoms with van der Waals surface area (Å²) in [6.07, 6.45) is 6.29. The van der Waals surface area contributed by atoms with Gasteiger partial charge in [-0.2, -0.15) is 0 Å². The lowest BCUT2D eigenvalue weighted by atomic mass is 9.78. The van der Waals surface area contributed by atoms with Gasteiger partial charge in [0.05, 0.1) is 18.6 Å². The van der Waals surface area contributed by atoms with Gasteiger partial charge in [-0.3, -0.25) is 0 Å². The third-order valence-corrected chi connectivity index (χ3v) is 4.31. The second-order valence-electron chi connectivity index (χ2n) is 5.34. The number of hydrogen-bond acceptors (Lipinski definition) is 2. The summed E-state index contributed by atoms with van der Waals surface area (Å²) in [5, 5.41) is 9.33. The molecule has 3 rings (SSSR count). The van der Waals surface area contributed by atoms with Crippen molar-refractivity contribution in [3.63, 3.8) is 0 Å². The molecule has 1 heterocycles. The number of aryl methyl sites for hydroxylation is 1. The van der Waals surface area contributed by atoms with Crippen LogP contribution in [-0.4, -0.2) is 20.6 Å². The van der Waals surface area contributed by atoms with Crippen molar-refractivity contribution in [1.82, 2.24) is 9.55 Å². The van der Waals surface area contributed by atoms with Crippen molar-refractivity contribution in [1.29, 1.82) is 0 Å². The number of carbonyl (C=O) groups is 1. The molecule has 4 heteroatoms. The summed E-state index contributed by atoms with van der Waals surface area (Å²) in [6.45, 7) is 2.17. The Balaban J connectivity index is 2.13. The highest BCUT2D eigenvalue weighted by Crippen LogP contribution is 2.39. The lowest BCUT2D eigenvalue weighted by molar-refractivity contribution is 0.0681. The van der Waals surface area contributed by atoms with Gasteiger partial charge in [0.25, 0.3) is 0 Å². The van der Waals surface area contributed by atoms with Crippen molar-refractivity contribution < 1.29 is 9.90 Å². The van der Waals surface area contributed by atoms with Crippen LogP contribution in [0.5, 0.6) is 0 Å². The zero-order valence-electron chi connectivity index (χ0n) is 11.5. The Hall–Kier alpha value is -2.10. The Morgan fingerprint density at radius 3 is 3.00 bits per heavy atom. The first-order valence-electron chi connectivity index (χ1n) is 7.05. The number of benzene rings is 1. The molecule has 2 aromatic rings. The fourth-order valence-electron chi connectivity index (χ4n) is 3.30. The average Bonchev–Trinajstić information content (AvgIpc) is 2.95. The van der Waals surface area contributed by atoms with E-state index in [1.54, 1.807) is 6.33 Å². The zero-order valence-corrected chi connectivity index (χ0v) is 11.5. The number of aromatic nitrogens is 2. The summed E-state index contributed by atoms with van der Waals surface area (Å²) < 4.78 is 1.83. The van der Waals surface area contributed by atoms with Gasteiger partial charge in [-0.25, -0.2) is 9.78 Å².